The summed E-state index contributed by atoms with van der Waals surface area (Å²) in [6, 6.07) is 20.1. The molecule has 4 aromatic rings. The van der Waals surface area contributed by atoms with Crippen molar-refractivity contribution in [2.24, 2.45) is 0 Å². The van der Waals surface area contributed by atoms with Gasteiger partial charge in [-0.2, -0.15) is 0 Å². The first-order chi connectivity index (χ1) is 21.3. The second-order valence-corrected chi connectivity index (χ2v) is 11.1. The number of aromatic nitrogens is 3. The molecule has 44 heavy (non-hydrogen) atoms. The lowest BCUT2D eigenvalue weighted by Gasteiger charge is -2.40. The van der Waals surface area contributed by atoms with E-state index in [1.54, 1.807) is 56.4 Å². The van der Waals surface area contributed by atoms with Crippen LogP contribution >= 0.6 is 11.8 Å². The third-order valence-electron chi connectivity index (χ3n) is 7.46. The summed E-state index contributed by atoms with van der Waals surface area (Å²) in [6.07, 6.45) is 0. The molecule has 12 heteroatoms. The SMILES string of the molecule is COc1ccc(-n2c(SCC(=O)N3CCN(C(=O)c4cc(OC)cc(OC)c4)C(C)C3)nnc2-c2cccc(OC)c2)cc1. The van der Waals surface area contributed by atoms with Gasteiger partial charge in [-0.25, -0.2) is 0 Å². The number of amides is 2. The summed E-state index contributed by atoms with van der Waals surface area (Å²) in [7, 11) is 6.34. The quantitative estimate of drug-likeness (QED) is 0.239. The van der Waals surface area contributed by atoms with Crippen LogP contribution in [0.1, 0.15) is 17.3 Å². The van der Waals surface area contributed by atoms with Gasteiger partial charge in [0.2, 0.25) is 5.91 Å². The highest BCUT2D eigenvalue weighted by molar-refractivity contribution is 7.99. The largest absolute Gasteiger partial charge is 0.497 e. The Hall–Kier alpha value is -4.71. The Labute approximate surface area is 260 Å². The Morgan fingerprint density at radius 3 is 2.14 bits per heavy atom. The standard InChI is InChI=1S/C32H35N5O6S/c1-21-19-35(13-14-36(21)31(39)23-16-27(42-4)18-28(17-23)43-5)29(38)20-44-32-34-33-30(22-7-6-8-26(15-22)41-3)37(32)24-9-11-25(40-2)12-10-24/h6-12,15-18,21H,13-14,19-20H2,1-5H3. The number of hydrogen-bond donors (Lipinski definition) is 0. The van der Waals surface area contributed by atoms with Crippen molar-refractivity contribution in [3.63, 3.8) is 0 Å². The minimum Gasteiger partial charge on any atom is -0.497 e. The Balaban J connectivity index is 1.30. The molecular formula is C32H35N5O6S. The molecule has 0 spiro atoms. The van der Waals surface area contributed by atoms with E-state index in [0.717, 1.165) is 17.0 Å². The first kappa shape index (κ1) is 30.7. The van der Waals surface area contributed by atoms with Gasteiger partial charge < -0.3 is 28.7 Å². The molecule has 0 radical (unpaired) electrons. The third-order valence-corrected chi connectivity index (χ3v) is 8.37. The van der Waals surface area contributed by atoms with Gasteiger partial charge in [-0.05, 0) is 55.5 Å². The van der Waals surface area contributed by atoms with Gasteiger partial charge in [-0.15, -0.1) is 10.2 Å². The molecular weight excluding hydrogens is 582 g/mol. The zero-order chi connectivity index (χ0) is 31.2. The summed E-state index contributed by atoms with van der Waals surface area (Å²) in [6.45, 7) is 3.21. The molecule has 1 saturated heterocycles. The van der Waals surface area contributed by atoms with Crippen LogP contribution in [0, 0.1) is 0 Å². The molecule has 0 aliphatic carbocycles. The fourth-order valence-electron chi connectivity index (χ4n) is 5.08. The molecule has 0 bridgehead atoms. The van der Waals surface area contributed by atoms with Crippen molar-refractivity contribution in [2.45, 2.75) is 18.1 Å². The van der Waals surface area contributed by atoms with Gasteiger partial charge in [0.25, 0.3) is 5.91 Å². The topological polar surface area (TPSA) is 108 Å². The van der Waals surface area contributed by atoms with E-state index in [4.69, 9.17) is 18.9 Å². The van der Waals surface area contributed by atoms with E-state index in [2.05, 4.69) is 10.2 Å². The lowest BCUT2D eigenvalue weighted by Crippen LogP contribution is -2.55. The summed E-state index contributed by atoms with van der Waals surface area (Å²) in [5.74, 6) is 3.14. The zero-order valence-corrected chi connectivity index (χ0v) is 26.2. The molecule has 3 aromatic carbocycles. The van der Waals surface area contributed by atoms with E-state index >= 15 is 0 Å². The number of thioether (sulfide) groups is 1. The zero-order valence-electron chi connectivity index (χ0n) is 25.4. The summed E-state index contributed by atoms with van der Waals surface area (Å²) in [5, 5.41) is 9.52. The van der Waals surface area contributed by atoms with Gasteiger partial charge >= 0.3 is 0 Å². The Morgan fingerprint density at radius 2 is 1.50 bits per heavy atom. The molecule has 1 aromatic heterocycles. The van der Waals surface area contributed by atoms with Crippen LogP contribution in [0.3, 0.4) is 0 Å². The highest BCUT2D eigenvalue weighted by Crippen LogP contribution is 2.31. The fraction of sp³-hybridized carbons (Fsp3) is 0.312. The van der Waals surface area contributed by atoms with Gasteiger partial charge in [-0.3, -0.25) is 14.2 Å². The molecule has 5 rings (SSSR count). The van der Waals surface area contributed by atoms with Crippen LogP contribution in [0.15, 0.2) is 71.9 Å². The van der Waals surface area contributed by atoms with Crippen LogP contribution in [0.2, 0.25) is 0 Å². The van der Waals surface area contributed by atoms with E-state index in [-0.39, 0.29) is 23.6 Å². The number of rotatable bonds is 10. The van der Waals surface area contributed by atoms with Gasteiger partial charge in [0.15, 0.2) is 11.0 Å². The number of methoxy groups -OCH3 is 4. The van der Waals surface area contributed by atoms with Crippen molar-refractivity contribution in [1.29, 1.82) is 0 Å². The summed E-state index contributed by atoms with van der Waals surface area (Å²) in [5.41, 5.74) is 2.14. The van der Waals surface area contributed by atoms with Crippen molar-refractivity contribution >= 4 is 23.6 Å². The predicted octanol–water partition coefficient (Wildman–Crippen LogP) is 4.43. The number of ether oxygens (including phenoxy) is 4. The molecule has 11 nitrogen and oxygen atoms in total. The van der Waals surface area contributed by atoms with Crippen LogP contribution in [0.4, 0.5) is 0 Å². The Morgan fingerprint density at radius 1 is 0.818 bits per heavy atom. The maximum atomic E-state index is 13.4. The first-order valence-electron chi connectivity index (χ1n) is 14.0. The smallest absolute Gasteiger partial charge is 0.254 e. The minimum atomic E-state index is -0.176. The van der Waals surface area contributed by atoms with E-state index in [9.17, 15) is 9.59 Å². The molecule has 2 amide bonds. The fourth-order valence-corrected chi connectivity index (χ4v) is 5.93. The average Bonchev–Trinajstić information content (AvgIpc) is 3.50. The van der Waals surface area contributed by atoms with Crippen LogP contribution in [-0.4, -0.2) is 96.2 Å². The second-order valence-electron chi connectivity index (χ2n) is 10.1. The molecule has 0 saturated carbocycles. The van der Waals surface area contributed by atoms with Crippen LogP contribution in [-0.2, 0) is 4.79 Å². The average molecular weight is 618 g/mol. The number of hydrogen-bond acceptors (Lipinski definition) is 9. The van der Waals surface area contributed by atoms with Gasteiger partial charge in [0, 0.05) is 48.6 Å². The molecule has 230 valence electrons. The number of benzene rings is 3. The number of carbonyl (C=O) groups excluding carboxylic acids is 2. The highest BCUT2D eigenvalue weighted by Gasteiger charge is 2.31. The molecule has 1 unspecified atom stereocenters. The van der Waals surface area contributed by atoms with Crippen molar-refractivity contribution < 1.29 is 28.5 Å². The van der Waals surface area contributed by atoms with E-state index in [1.165, 1.54) is 11.8 Å². The summed E-state index contributed by atoms with van der Waals surface area (Å²) in [4.78, 5) is 30.4. The predicted molar refractivity (Wildman–Crippen MR) is 167 cm³/mol. The second kappa shape index (κ2) is 13.7. The minimum absolute atomic E-state index is 0.0378. The lowest BCUT2D eigenvalue weighted by molar-refractivity contribution is -0.130. The van der Waals surface area contributed by atoms with Crippen LogP contribution in [0.5, 0.6) is 23.0 Å². The summed E-state index contributed by atoms with van der Waals surface area (Å²) >= 11 is 1.32. The Bertz CT molecular complexity index is 1600. The first-order valence-corrected chi connectivity index (χ1v) is 15.0. The monoisotopic (exact) mass is 617 g/mol. The van der Waals surface area contributed by atoms with Crippen LogP contribution < -0.4 is 18.9 Å². The molecule has 1 aliphatic rings. The van der Waals surface area contributed by atoms with Gasteiger partial charge in [0.1, 0.15) is 23.0 Å². The van der Waals surface area contributed by atoms with Gasteiger partial charge in [-0.1, -0.05) is 23.9 Å². The number of piperazine rings is 1. The van der Waals surface area contributed by atoms with Crippen molar-refractivity contribution in [2.75, 3.05) is 53.8 Å². The molecule has 2 heterocycles. The summed E-state index contributed by atoms with van der Waals surface area (Å²) < 4.78 is 23.3. The molecule has 1 aliphatic heterocycles. The van der Waals surface area contributed by atoms with E-state index < -0.39 is 0 Å². The lowest BCUT2D eigenvalue weighted by atomic mass is 10.1. The van der Waals surface area contributed by atoms with Crippen molar-refractivity contribution in [3.05, 3.63) is 72.3 Å². The van der Waals surface area contributed by atoms with Gasteiger partial charge in [0.05, 0.1) is 34.2 Å². The molecule has 1 fully saturated rings. The Kier molecular flexibility index (Phi) is 9.59. The number of nitrogens with zero attached hydrogens (tertiary/aromatic N) is 5. The van der Waals surface area contributed by atoms with Crippen molar-refractivity contribution in [1.82, 2.24) is 24.6 Å². The highest BCUT2D eigenvalue weighted by atomic mass is 32.2. The molecule has 0 N–H and O–H groups in total. The number of carbonyl (C=O) groups is 2. The van der Waals surface area contributed by atoms with Crippen LogP contribution in [0.25, 0.3) is 17.1 Å². The van der Waals surface area contributed by atoms with Crippen molar-refractivity contribution in [3.8, 4) is 40.1 Å². The molecule has 1 atom stereocenters. The maximum Gasteiger partial charge on any atom is 0.254 e. The van der Waals surface area contributed by atoms with E-state index in [0.29, 0.717) is 53.4 Å². The third kappa shape index (κ3) is 6.60. The normalized spacial score (nSPS) is 14.7. The van der Waals surface area contributed by atoms with E-state index in [1.807, 2.05) is 60.0 Å². The maximum absolute atomic E-state index is 13.4.